The van der Waals surface area contributed by atoms with E-state index in [1.165, 1.54) is 17.5 Å². The van der Waals surface area contributed by atoms with E-state index in [0.29, 0.717) is 101 Å². The molecule has 1 unspecified atom stereocenters. The number of H-pyrrole nitrogens is 6. The molecule has 37 heteroatoms. The summed E-state index contributed by atoms with van der Waals surface area (Å²) in [5.74, 6) is 14.4. The number of allylic oxidation sites excluding steroid dienone is 4. The molecular formula is C107H217N29O8. The van der Waals surface area contributed by atoms with Gasteiger partial charge in [-0.3, -0.25) is 38.8 Å². The Morgan fingerprint density at radius 2 is 0.778 bits per heavy atom. The van der Waals surface area contributed by atoms with Crippen molar-refractivity contribution in [2.24, 2.45) is 125 Å². The van der Waals surface area contributed by atoms with E-state index in [4.69, 9.17) is 33.1 Å². The van der Waals surface area contributed by atoms with Crippen molar-refractivity contribution in [2.45, 2.75) is 439 Å². The fourth-order valence-corrected chi connectivity index (χ4v) is 7.42. The normalized spacial score (nSPS) is 12.0. The molecule has 8 heterocycles. The van der Waals surface area contributed by atoms with Crippen LogP contribution in [-0.4, -0.2) is 181 Å². The van der Waals surface area contributed by atoms with Gasteiger partial charge in [0.05, 0.1) is 23.1 Å². The number of hydrogen-bond donors (Lipinski definition) is 15. The van der Waals surface area contributed by atoms with E-state index in [9.17, 15) is 28.8 Å². The molecule has 0 aromatic carbocycles. The largest absolute Gasteiger partial charge is 0.512 e. The summed E-state index contributed by atoms with van der Waals surface area (Å²) in [5.41, 5.74) is 24.2. The number of aliphatic imine (C=N–C) groups is 2. The number of aliphatic hydroxyl groups is 2. The molecule has 2 aliphatic rings. The minimum Gasteiger partial charge on any atom is -0.512 e. The highest BCUT2D eigenvalue weighted by Gasteiger charge is 2.14. The molecule has 8 rings (SSSR count). The van der Waals surface area contributed by atoms with Gasteiger partial charge in [0.2, 0.25) is 29.2 Å². The van der Waals surface area contributed by atoms with Crippen LogP contribution in [0.4, 0.5) is 0 Å². The van der Waals surface area contributed by atoms with Gasteiger partial charge in [0.1, 0.15) is 30.2 Å². The molecule has 0 fully saturated rings. The van der Waals surface area contributed by atoms with Crippen LogP contribution in [0.25, 0.3) is 0 Å². The Morgan fingerprint density at radius 1 is 0.444 bits per heavy atom. The highest BCUT2D eigenvalue weighted by molar-refractivity contribution is 5.88. The Labute approximate surface area is 874 Å². The zero-order valence-electron chi connectivity index (χ0n) is 98.0. The number of tetrazole rings is 3. The summed E-state index contributed by atoms with van der Waals surface area (Å²) in [5, 5.41) is 77.1. The van der Waals surface area contributed by atoms with Crippen LogP contribution in [0.15, 0.2) is 103 Å². The number of aliphatic hydroxyl groups excluding tert-OH is 2. The summed E-state index contributed by atoms with van der Waals surface area (Å²) in [7, 11) is 0. The summed E-state index contributed by atoms with van der Waals surface area (Å²) < 4.78 is 0. The first-order chi connectivity index (χ1) is 65.2. The highest BCUT2D eigenvalue weighted by atomic mass is 16.3. The van der Waals surface area contributed by atoms with Crippen molar-refractivity contribution in [3.63, 3.8) is 0 Å². The number of ketones is 1. The Kier molecular flexibility index (Phi) is 107. The molecular weight excluding hydrogens is 1820 g/mol. The number of hydrogen-bond acceptors (Lipinski definition) is 25. The predicted molar refractivity (Wildman–Crippen MR) is 606 cm³/mol. The number of rotatable bonds is 23. The molecule has 0 aliphatic carbocycles. The lowest BCUT2D eigenvalue weighted by molar-refractivity contribution is -0.125. The first-order valence-corrected chi connectivity index (χ1v) is 50.6. The Morgan fingerprint density at radius 3 is 0.882 bits per heavy atom. The minimum absolute atomic E-state index is 0. The quantitative estimate of drug-likeness (QED) is 0.0161. The second-order valence-corrected chi connectivity index (χ2v) is 41.6. The van der Waals surface area contributed by atoms with E-state index >= 15 is 0 Å². The first-order valence-electron chi connectivity index (χ1n) is 50.6. The van der Waals surface area contributed by atoms with E-state index in [-0.39, 0.29) is 91.6 Å². The SMILES string of the molecule is C.C.CC(C)/C=C(\O)C(C)C.CC(C)C.CC(C)C.CC(C)C(N)=O.CC(C)C(N)=O.CC(C)C1=NN=NC1.CC(C)CC(=O)C(C)C.CC(C)N=C(N)C(C)C.CC(C)N=C(N)C(C)C.CC(C)NC(=O)C(C)C.CC(C)NC(=O)C(C)C.CC(C)c1cnc(C(C)C)[nH]1.CC(C)c1cnc(C(C)C)[nH]1.CC(C)c1nn[nH]n1.CC(C)c1nn[nH]n1.CC(C)c1nn[nH]n1.O=c1cccc[nH]1.OC1C=CC=CN1. The van der Waals surface area contributed by atoms with Gasteiger partial charge in [-0.1, -0.05) is 333 Å². The summed E-state index contributed by atoms with van der Waals surface area (Å²) >= 11 is 0. The van der Waals surface area contributed by atoms with E-state index in [1.807, 2.05) is 205 Å². The molecule has 6 aromatic rings. The van der Waals surface area contributed by atoms with Crippen molar-refractivity contribution in [3.8, 4) is 0 Å². The number of amides is 4. The van der Waals surface area contributed by atoms with Gasteiger partial charge in [0.25, 0.3) is 0 Å². The number of pyridine rings is 1. The molecule has 2 aliphatic heterocycles. The lowest BCUT2D eigenvalue weighted by Crippen LogP contribution is -2.33. The molecule has 6 aromatic heterocycles. The van der Waals surface area contributed by atoms with Gasteiger partial charge in [-0.15, -0.1) is 35.7 Å². The van der Waals surface area contributed by atoms with Gasteiger partial charge in [0.15, 0.2) is 17.5 Å². The fraction of sp³-hybridized carbons (Fsp3) is 0.738. The van der Waals surface area contributed by atoms with Crippen molar-refractivity contribution in [1.29, 1.82) is 0 Å². The number of aromatic nitrogens is 17. The van der Waals surface area contributed by atoms with E-state index < -0.39 is 6.23 Å². The fourth-order valence-electron chi connectivity index (χ4n) is 7.42. The van der Waals surface area contributed by atoms with Crippen molar-refractivity contribution in [2.75, 3.05) is 6.54 Å². The number of aromatic amines is 6. The number of amidine groups is 2. The number of carbonyl (C=O) groups is 5. The minimum atomic E-state index is -0.481. The molecule has 0 saturated heterocycles. The lowest BCUT2D eigenvalue weighted by atomic mass is 9.99. The molecule has 0 bridgehead atoms. The van der Waals surface area contributed by atoms with Gasteiger partial charge in [-0.2, -0.15) is 20.8 Å². The third-order valence-electron chi connectivity index (χ3n) is 16.2. The van der Waals surface area contributed by atoms with Gasteiger partial charge in [-0.25, -0.2) is 9.97 Å². The smallest absolute Gasteiger partial charge is 0.247 e. The Hall–Kier alpha value is -10.9. The van der Waals surface area contributed by atoms with Crippen LogP contribution in [0.1, 0.15) is 449 Å². The van der Waals surface area contributed by atoms with Gasteiger partial charge >= 0.3 is 0 Å². The molecule has 4 amide bonds. The topological polar surface area (TPSA) is 581 Å². The maximum Gasteiger partial charge on any atom is 0.247 e. The van der Waals surface area contributed by atoms with Crippen LogP contribution in [0.5, 0.6) is 0 Å². The Bertz CT molecular complexity index is 3850. The molecule has 0 radical (unpaired) electrons. The zero-order chi connectivity index (χ0) is 113. The number of dihydropyridines is 1. The second kappa shape index (κ2) is 96.9. The van der Waals surface area contributed by atoms with Gasteiger partial charge < -0.3 is 64.1 Å². The third kappa shape index (κ3) is 115. The first kappa shape index (κ1) is 158. The standard InChI is InChI=1S/2C9H16N2.2C8H16O.2C7H16N2.2C7H15NO.C5H9N3.C5H7NO.C5H5NO.3C4H8N4.2C4H9NO.2C4H10.2CH4/c2*1-6(2)8-5-10-9(11-8)7(3)4;2*1-6(2)5-8(9)7(3)4;2*1-5(2)7(8)9-6(3)4;2*1-5(2)7(9)8-6(3)4;1-4(2)5-3-6-8-7-5;2*7-5-3-1-2-4-6-5;3*1-3(2)4-5-7-8-6-4;2*1-3(2)4(5)6;2*1-4(2)3;;/h2*5-7H,1-4H3,(H,10,11);6-7H,5H2,1-4H3;5-7,9H,1-4H3;2*5-6H,1-4H3,(H2,8,9);2*5-6H,1-4H3,(H,8,9);4H,3H2,1-2H3;1-7H;1-4H,(H,6,7);3*3H,1-2H3,(H,5,6,7,8);2*3H,1-2H3,(H2,5,6);2*4H,1-3H3;2*1H4/b;;;8-5-;;;;;;;;;;;;;;;;. The number of imidazole rings is 2. The number of nitrogens with two attached hydrogens (primary N) is 4. The van der Waals surface area contributed by atoms with Crippen molar-refractivity contribution in [3.05, 3.63) is 124 Å². The average Bonchev–Trinajstić information content (AvgIpc) is 1.75. The lowest BCUT2D eigenvalue weighted by Gasteiger charge is -2.09. The third-order valence-corrected chi connectivity index (χ3v) is 16.2. The van der Waals surface area contributed by atoms with E-state index in [2.05, 4.69) is 267 Å². The van der Waals surface area contributed by atoms with Crippen LogP contribution >= 0.6 is 0 Å². The van der Waals surface area contributed by atoms with Gasteiger partial charge in [-0.05, 0) is 133 Å². The molecule has 144 heavy (non-hydrogen) atoms. The zero-order valence-corrected chi connectivity index (χ0v) is 98.0. The maximum absolute atomic E-state index is 11.0. The average molecular weight is 2040 g/mol. The number of Topliss-reactive ketones (excluding diaryl/α,β-unsaturated/α-hetero) is 1. The van der Waals surface area contributed by atoms with Crippen molar-refractivity contribution in [1.82, 2.24) is 103 Å². The summed E-state index contributed by atoms with van der Waals surface area (Å²) in [4.78, 5) is 88.7. The van der Waals surface area contributed by atoms with Gasteiger partial charge in [0, 0.05) is 144 Å². The molecule has 0 spiro atoms. The second-order valence-electron chi connectivity index (χ2n) is 41.6. The number of carbonyl (C=O) groups excluding carboxylic acids is 5. The summed E-state index contributed by atoms with van der Waals surface area (Å²) in [6.07, 6.45) is 14.6. The van der Waals surface area contributed by atoms with Crippen LogP contribution < -0.4 is 44.4 Å². The summed E-state index contributed by atoms with van der Waals surface area (Å²) in [6, 6.07) is 6.11. The monoisotopic (exact) mass is 2040 g/mol. The van der Waals surface area contributed by atoms with E-state index in [1.54, 1.807) is 64.4 Å². The van der Waals surface area contributed by atoms with Crippen LogP contribution in [0.3, 0.4) is 0 Å². The predicted octanol–water partition coefficient (Wildman–Crippen LogP) is 23.1. The molecule has 838 valence electrons. The van der Waals surface area contributed by atoms with Crippen LogP contribution in [0, 0.1) is 76.9 Å². The van der Waals surface area contributed by atoms with Crippen molar-refractivity contribution < 1.29 is 34.2 Å². The maximum atomic E-state index is 11.0. The molecule has 0 saturated carbocycles. The Balaban J connectivity index is -0.000000129. The number of nitrogens with one attached hydrogen (secondary N) is 9. The molecule has 1 atom stereocenters. The van der Waals surface area contributed by atoms with Crippen LogP contribution in [-0.2, 0) is 24.0 Å². The highest BCUT2D eigenvalue weighted by Crippen LogP contribution is 2.18. The van der Waals surface area contributed by atoms with Crippen molar-refractivity contribution >= 4 is 46.8 Å². The number of primary amides is 2. The molecule has 19 N–H and O–H groups in total. The van der Waals surface area contributed by atoms with Crippen LogP contribution in [0.2, 0.25) is 0 Å². The molecule has 37 nitrogen and oxygen atoms in total. The van der Waals surface area contributed by atoms with E-state index in [0.717, 1.165) is 64.8 Å². The number of nitrogens with zero attached hydrogens (tertiary/aromatic N) is 16. The summed E-state index contributed by atoms with van der Waals surface area (Å²) in [6.45, 7) is 102.